The van der Waals surface area contributed by atoms with Crippen molar-refractivity contribution in [2.24, 2.45) is 7.05 Å². The molecule has 1 N–H and O–H groups in total. The Morgan fingerprint density at radius 2 is 1.86 bits per heavy atom. The van der Waals surface area contributed by atoms with Gasteiger partial charge in [-0.1, -0.05) is 41.9 Å². The van der Waals surface area contributed by atoms with Crippen molar-refractivity contribution in [3.05, 3.63) is 106 Å². The Morgan fingerprint density at radius 1 is 1.11 bits per heavy atom. The molecule has 9 heteroatoms. The molecular weight excluding hydrogens is 485 g/mol. The van der Waals surface area contributed by atoms with E-state index in [1.54, 1.807) is 60.3 Å². The summed E-state index contributed by atoms with van der Waals surface area (Å²) >= 11 is 6.21. The van der Waals surface area contributed by atoms with Gasteiger partial charge in [-0.3, -0.25) is 9.48 Å². The van der Waals surface area contributed by atoms with Crippen LogP contribution in [-0.2, 0) is 26.7 Å². The lowest BCUT2D eigenvalue weighted by molar-refractivity contribution is 0.0692. The number of carbonyl (C=O) groups is 2. The highest BCUT2D eigenvalue weighted by atomic mass is 35.5. The molecule has 4 aromatic rings. The average molecular weight is 506 g/mol. The molecule has 1 amide bonds. The number of ether oxygens (including phenoxy) is 1. The Bertz CT molecular complexity index is 1480. The summed E-state index contributed by atoms with van der Waals surface area (Å²) in [6.07, 6.45) is 0. The molecule has 0 atom stereocenters. The number of carbonyl (C=O) groups excluding carboxylic acids is 1. The highest BCUT2D eigenvalue weighted by Crippen LogP contribution is 2.40. The first-order chi connectivity index (χ1) is 17.3. The molecule has 1 aromatic heterocycles. The summed E-state index contributed by atoms with van der Waals surface area (Å²) < 4.78 is 22.0. The summed E-state index contributed by atoms with van der Waals surface area (Å²) in [5.41, 5.74) is 3.49. The summed E-state index contributed by atoms with van der Waals surface area (Å²) in [6.45, 7) is 0.280. The minimum absolute atomic E-state index is 0.000802. The monoisotopic (exact) mass is 505 g/mol. The van der Waals surface area contributed by atoms with E-state index < -0.39 is 17.7 Å². The lowest BCUT2D eigenvalue weighted by atomic mass is 10.0. The van der Waals surface area contributed by atoms with Gasteiger partial charge in [0.2, 0.25) is 0 Å². The van der Waals surface area contributed by atoms with Gasteiger partial charge in [0.25, 0.3) is 5.91 Å². The van der Waals surface area contributed by atoms with Gasteiger partial charge in [0.05, 0.1) is 11.3 Å². The number of benzene rings is 3. The number of halogens is 2. The number of aromatic carboxylic acids is 1. The zero-order valence-electron chi connectivity index (χ0n) is 19.2. The van der Waals surface area contributed by atoms with Gasteiger partial charge in [-0.2, -0.15) is 5.10 Å². The van der Waals surface area contributed by atoms with E-state index >= 15 is 0 Å². The Hall–Kier alpha value is -4.17. The molecule has 0 bridgehead atoms. The van der Waals surface area contributed by atoms with Crippen molar-refractivity contribution < 1.29 is 23.8 Å². The van der Waals surface area contributed by atoms with E-state index in [0.717, 1.165) is 11.3 Å². The third-order valence-electron chi connectivity index (χ3n) is 6.10. The van der Waals surface area contributed by atoms with Crippen molar-refractivity contribution in [3.8, 4) is 17.0 Å². The number of carboxylic acids is 1. The molecule has 0 fully saturated rings. The van der Waals surface area contributed by atoms with E-state index in [0.29, 0.717) is 27.5 Å². The Balaban J connectivity index is 1.53. The van der Waals surface area contributed by atoms with E-state index in [2.05, 4.69) is 5.10 Å². The fraction of sp³-hybridized carbons (Fsp3) is 0.148. The van der Waals surface area contributed by atoms with Crippen LogP contribution >= 0.6 is 11.6 Å². The van der Waals surface area contributed by atoms with E-state index in [1.165, 1.54) is 23.1 Å². The van der Waals surface area contributed by atoms with Crippen molar-refractivity contribution in [1.82, 2.24) is 14.7 Å². The highest BCUT2D eigenvalue weighted by Gasteiger charge is 2.31. The van der Waals surface area contributed by atoms with Crippen molar-refractivity contribution in [2.45, 2.75) is 19.7 Å². The lowest BCUT2D eigenvalue weighted by Gasteiger charge is -2.24. The van der Waals surface area contributed by atoms with Crippen molar-refractivity contribution in [2.75, 3.05) is 0 Å². The summed E-state index contributed by atoms with van der Waals surface area (Å²) in [4.78, 5) is 26.6. The van der Waals surface area contributed by atoms with Crippen LogP contribution in [0.3, 0.4) is 0 Å². The fourth-order valence-electron chi connectivity index (χ4n) is 4.33. The van der Waals surface area contributed by atoms with Gasteiger partial charge < -0.3 is 14.7 Å². The van der Waals surface area contributed by atoms with E-state index in [9.17, 15) is 19.1 Å². The number of aromatic nitrogens is 2. The van der Waals surface area contributed by atoms with Gasteiger partial charge in [0.1, 0.15) is 18.2 Å². The maximum atomic E-state index is 14.5. The second kappa shape index (κ2) is 9.47. The predicted octanol–water partition coefficient (Wildman–Crippen LogP) is 5.31. The van der Waals surface area contributed by atoms with Crippen molar-refractivity contribution in [3.63, 3.8) is 0 Å². The first kappa shape index (κ1) is 23.6. The molecule has 5 rings (SSSR count). The molecule has 36 heavy (non-hydrogen) atoms. The van der Waals surface area contributed by atoms with Crippen LogP contribution in [0.15, 0.2) is 66.7 Å². The minimum atomic E-state index is -1.04. The van der Waals surface area contributed by atoms with Crippen molar-refractivity contribution in [1.29, 1.82) is 0 Å². The van der Waals surface area contributed by atoms with Gasteiger partial charge in [-0.05, 0) is 42.0 Å². The largest absolute Gasteiger partial charge is 0.488 e. The molecule has 0 unspecified atom stereocenters. The number of fused-ring (bicyclic) bond motifs is 3. The molecule has 0 spiro atoms. The third kappa shape index (κ3) is 4.43. The molecule has 1 aliphatic rings. The summed E-state index contributed by atoms with van der Waals surface area (Å²) in [7, 11) is 1.75. The summed E-state index contributed by atoms with van der Waals surface area (Å²) in [5.74, 6) is -1.21. The van der Waals surface area contributed by atoms with E-state index in [-0.39, 0.29) is 31.0 Å². The zero-order valence-corrected chi connectivity index (χ0v) is 20.0. The molecule has 2 heterocycles. The molecule has 0 aliphatic carbocycles. The molecule has 7 nitrogen and oxygen atoms in total. The van der Waals surface area contributed by atoms with E-state index in [1.807, 2.05) is 0 Å². The van der Waals surface area contributed by atoms with Gasteiger partial charge in [0, 0.05) is 41.9 Å². The highest BCUT2D eigenvalue weighted by molar-refractivity contribution is 6.31. The Kier molecular flexibility index (Phi) is 6.20. The summed E-state index contributed by atoms with van der Waals surface area (Å²) in [5, 5.41) is 14.2. The Labute approximate surface area is 211 Å². The molecule has 0 saturated carbocycles. The molecule has 0 radical (unpaired) electrons. The zero-order chi connectivity index (χ0) is 25.4. The smallest absolute Gasteiger partial charge is 0.335 e. The fourth-order valence-corrected chi connectivity index (χ4v) is 4.50. The van der Waals surface area contributed by atoms with Crippen LogP contribution in [0.4, 0.5) is 4.39 Å². The SMILES string of the molecule is Cn1nc(C(=O)N(Cc2ccc(C(=O)O)cc2)Cc2ccccc2F)c2c1-c1cc(Cl)ccc1OC2. The van der Waals surface area contributed by atoms with Gasteiger partial charge in [-0.25, -0.2) is 9.18 Å². The summed E-state index contributed by atoms with van der Waals surface area (Å²) in [6, 6.07) is 17.8. The maximum absolute atomic E-state index is 14.5. The predicted molar refractivity (Wildman–Crippen MR) is 131 cm³/mol. The number of aryl methyl sites for hydroxylation is 1. The lowest BCUT2D eigenvalue weighted by Crippen LogP contribution is -2.32. The maximum Gasteiger partial charge on any atom is 0.335 e. The molecular formula is C27H21ClFN3O4. The standard InChI is InChI=1S/C27H21ClFN3O4/c1-31-25-20-12-19(28)10-11-23(20)36-15-21(25)24(30-31)26(33)32(14-18-4-2-3-5-22(18)29)13-16-6-8-17(9-7-16)27(34)35/h2-12H,13-15H2,1H3,(H,34,35). The number of carboxylic acid groups (broad SMARTS) is 1. The molecule has 182 valence electrons. The van der Waals surface area contributed by atoms with Crippen LogP contribution in [0.2, 0.25) is 5.02 Å². The second-order valence-corrected chi connectivity index (χ2v) is 8.92. The van der Waals surface area contributed by atoms with Gasteiger partial charge >= 0.3 is 5.97 Å². The number of amides is 1. The number of rotatable bonds is 6. The molecule has 1 aliphatic heterocycles. The van der Waals surface area contributed by atoms with Gasteiger partial charge in [0.15, 0.2) is 5.69 Å². The number of hydrogen-bond acceptors (Lipinski definition) is 4. The minimum Gasteiger partial charge on any atom is -0.488 e. The van der Waals surface area contributed by atoms with Crippen LogP contribution in [0, 0.1) is 5.82 Å². The average Bonchev–Trinajstić information content (AvgIpc) is 3.21. The molecule has 0 saturated heterocycles. The molecule has 3 aromatic carbocycles. The Morgan fingerprint density at radius 3 is 2.58 bits per heavy atom. The number of hydrogen-bond donors (Lipinski definition) is 1. The van der Waals surface area contributed by atoms with E-state index in [4.69, 9.17) is 16.3 Å². The van der Waals surface area contributed by atoms with Crippen LogP contribution in [0.25, 0.3) is 11.3 Å². The van der Waals surface area contributed by atoms with Crippen molar-refractivity contribution >= 4 is 23.5 Å². The van der Waals surface area contributed by atoms with Gasteiger partial charge in [-0.15, -0.1) is 0 Å². The number of nitrogens with zero attached hydrogens (tertiary/aromatic N) is 3. The first-order valence-corrected chi connectivity index (χ1v) is 11.5. The topological polar surface area (TPSA) is 84.7 Å². The quantitative estimate of drug-likeness (QED) is 0.384. The van der Waals surface area contributed by atoms with Crippen LogP contribution in [0.5, 0.6) is 5.75 Å². The third-order valence-corrected chi connectivity index (χ3v) is 6.33. The van der Waals surface area contributed by atoms with Crippen LogP contribution < -0.4 is 4.74 Å². The van der Waals surface area contributed by atoms with Crippen LogP contribution in [0.1, 0.15) is 37.5 Å². The van der Waals surface area contributed by atoms with Crippen LogP contribution in [-0.4, -0.2) is 31.7 Å². The second-order valence-electron chi connectivity index (χ2n) is 8.48. The normalized spacial score (nSPS) is 11.9. The first-order valence-electron chi connectivity index (χ1n) is 11.2.